The highest BCUT2D eigenvalue weighted by Gasteiger charge is 2.06. The summed E-state index contributed by atoms with van der Waals surface area (Å²) < 4.78 is 0. The molecule has 15 heavy (non-hydrogen) atoms. The Hall–Kier alpha value is -0.340. The quantitative estimate of drug-likeness (QED) is 0.736. The first-order valence-corrected chi connectivity index (χ1v) is 6.97. The van der Waals surface area contributed by atoms with Crippen molar-refractivity contribution < 1.29 is 0 Å². The van der Waals surface area contributed by atoms with Gasteiger partial charge in [0.2, 0.25) is 0 Å². The summed E-state index contributed by atoms with van der Waals surface area (Å²) in [7, 11) is 0. The molecule has 1 nitrogen and oxygen atoms in total. The summed E-state index contributed by atoms with van der Waals surface area (Å²) in [6, 6.07) is 0.708. The normalized spacial score (nSPS) is 11.2. The molecule has 0 radical (unpaired) electrons. The lowest BCUT2D eigenvalue weighted by molar-refractivity contribution is 0.443. The molecule has 1 aromatic rings. The molecule has 0 aliphatic heterocycles. The summed E-state index contributed by atoms with van der Waals surface area (Å²) in [4.78, 5) is 0. The Morgan fingerprint density at radius 1 is 1.20 bits per heavy atom. The fourth-order valence-corrected chi connectivity index (χ4v) is 2.72. The first-order valence-electron chi connectivity index (χ1n) is 6.03. The molecule has 0 spiro atoms. The fourth-order valence-electron chi connectivity index (χ4n) is 1.87. The average Bonchev–Trinajstić information content (AvgIpc) is 2.61. The lowest BCUT2D eigenvalue weighted by atomic mass is 10.1. The zero-order valence-corrected chi connectivity index (χ0v) is 11.0. The number of hydrogen-bond donors (Lipinski definition) is 1. The number of nitrogens with one attached hydrogen (secondary N) is 1. The molecular weight excluding hydrogens is 202 g/mol. The molecule has 1 aromatic heterocycles. The summed E-state index contributed by atoms with van der Waals surface area (Å²) in [6.07, 6.45) is 5.16. The Morgan fingerprint density at radius 3 is 2.33 bits per heavy atom. The zero-order valence-electron chi connectivity index (χ0n) is 10.2. The SMILES string of the molecule is CCCC(CCC)NCc1cscc1C. The highest BCUT2D eigenvalue weighted by Crippen LogP contribution is 2.14. The van der Waals surface area contributed by atoms with Gasteiger partial charge in [-0.2, -0.15) is 11.3 Å². The van der Waals surface area contributed by atoms with E-state index in [1.165, 1.54) is 36.8 Å². The molecule has 86 valence electrons. The molecule has 0 aromatic carbocycles. The number of rotatable bonds is 7. The lowest BCUT2D eigenvalue weighted by Crippen LogP contribution is -2.28. The van der Waals surface area contributed by atoms with Crippen molar-refractivity contribution in [3.63, 3.8) is 0 Å². The standard InChI is InChI=1S/C13H23NS/c1-4-6-13(7-5-2)14-8-12-10-15-9-11(12)3/h9-10,13-14H,4-8H2,1-3H3. The van der Waals surface area contributed by atoms with E-state index in [2.05, 4.69) is 36.8 Å². The Balaban J connectivity index is 2.36. The Kier molecular flexibility index (Phi) is 5.96. The van der Waals surface area contributed by atoms with E-state index in [0.29, 0.717) is 6.04 Å². The van der Waals surface area contributed by atoms with Crippen LogP contribution in [0.1, 0.15) is 50.7 Å². The summed E-state index contributed by atoms with van der Waals surface area (Å²) in [5.41, 5.74) is 2.90. The van der Waals surface area contributed by atoms with Crippen LogP contribution in [0.5, 0.6) is 0 Å². The van der Waals surface area contributed by atoms with Crippen LogP contribution >= 0.6 is 11.3 Å². The second-order valence-corrected chi connectivity index (χ2v) is 4.98. The van der Waals surface area contributed by atoms with Gasteiger partial charge in [0, 0.05) is 12.6 Å². The van der Waals surface area contributed by atoms with Crippen LogP contribution in [0.15, 0.2) is 10.8 Å². The molecule has 1 N–H and O–H groups in total. The van der Waals surface area contributed by atoms with E-state index >= 15 is 0 Å². The van der Waals surface area contributed by atoms with Gasteiger partial charge in [-0.05, 0) is 41.7 Å². The number of thiophene rings is 1. The highest BCUT2D eigenvalue weighted by molar-refractivity contribution is 7.08. The molecule has 0 aliphatic carbocycles. The first kappa shape index (κ1) is 12.7. The lowest BCUT2D eigenvalue weighted by Gasteiger charge is -2.17. The average molecular weight is 225 g/mol. The third kappa shape index (κ3) is 4.35. The van der Waals surface area contributed by atoms with Crippen molar-refractivity contribution in [2.45, 2.75) is 59.0 Å². The van der Waals surface area contributed by atoms with Crippen LogP contribution in [0, 0.1) is 6.92 Å². The minimum Gasteiger partial charge on any atom is -0.310 e. The van der Waals surface area contributed by atoms with Gasteiger partial charge in [-0.15, -0.1) is 0 Å². The summed E-state index contributed by atoms with van der Waals surface area (Å²) in [6.45, 7) is 7.77. The van der Waals surface area contributed by atoms with Gasteiger partial charge in [-0.25, -0.2) is 0 Å². The summed E-state index contributed by atoms with van der Waals surface area (Å²) in [5, 5.41) is 8.16. The minimum absolute atomic E-state index is 0.708. The summed E-state index contributed by atoms with van der Waals surface area (Å²) in [5.74, 6) is 0. The number of hydrogen-bond acceptors (Lipinski definition) is 2. The smallest absolute Gasteiger partial charge is 0.0218 e. The van der Waals surface area contributed by atoms with Gasteiger partial charge in [0.05, 0.1) is 0 Å². The maximum absolute atomic E-state index is 3.67. The molecule has 0 bridgehead atoms. The molecule has 1 heterocycles. The topological polar surface area (TPSA) is 12.0 Å². The van der Waals surface area contributed by atoms with Crippen molar-refractivity contribution >= 4 is 11.3 Å². The van der Waals surface area contributed by atoms with Crippen LogP contribution in [-0.4, -0.2) is 6.04 Å². The maximum Gasteiger partial charge on any atom is 0.0218 e. The van der Waals surface area contributed by atoms with Gasteiger partial charge in [0.25, 0.3) is 0 Å². The Labute approximate surface area is 97.9 Å². The molecule has 2 heteroatoms. The van der Waals surface area contributed by atoms with Gasteiger partial charge in [-0.3, -0.25) is 0 Å². The third-order valence-electron chi connectivity index (χ3n) is 2.82. The van der Waals surface area contributed by atoms with E-state index in [1.807, 2.05) is 0 Å². The van der Waals surface area contributed by atoms with Crippen molar-refractivity contribution in [3.8, 4) is 0 Å². The number of aryl methyl sites for hydroxylation is 1. The molecule has 0 aliphatic rings. The Bertz CT molecular complexity index is 261. The maximum atomic E-state index is 3.67. The molecule has 0 atom stereocenters. The molecule has 0 saturated heterocycles. The van der Waals surface area contributed by atoms with Crippen molar-refractivity contribution in [3.05, 3.63) is 21.9 Å². The van der Waals surface area contributed by atoms with E-state index < -0.39 is 0 Å². The summed E-state index contributed by atoms with van der Waals surface area (Å²) >= 11 is 1.80. The van der Waals surface area contributed by atoms with Crippen LogP contribution in [0.3, 0.4) is 0 Å². The van der Waals surface area contributed by atoms with E-state index in [9.17, 15) is 0 Å². The molecule has 0 amide bonds. The van der Waals surface area contributed by atoms with Crippen LogP contribution in [0.2, 0.25) is 0 Å². The molecule has 0 unspecified atom stereocenters. The zero-order chi connectivity index (χ0) is 11.1. The van der Waals surface area contributed by atoms with Crippen LogP contribution < -0.4 is 5.32 Å². The third-order valence-corrected chi connectivity index (χ3v) is 3.73. The van der Waals surface area contributed by atoms with E-state index in [4.69, 9.17) is 0 Å². The van der Waals surface area contributed by atoms with Gasteiger partial charge < -0.3 is 5.32 Å². The van der Waals surface area contributed by atoms with Crippen molar-refractivity contribution in [1.82, 2.24) is 5.32 Å². The van der Waals surface area contributed by atoms with Crippen molar-refractivity contribution in [2.75, 3.05) is 0 Å². The van der Waals surface area contributed by atoms with Gasteiger partial charge in [-0.1, -0.05) is 26.7 Å². The van der Waals surface area contributed by atoms with Crippen molar-refractivity contribution in [2.24, 2.45) is 0 Å². The predicted octanol–water partition coefficient (Wildman–Crippen LogP) is 4.11. The second-order valence-electron chi connectivity index (χ2n) is 4.24. The van der Waals surface area contributed by atoms with E-state index in [1.54, 1.807) is 11.3 Å². The first-order chi connectivity index (χ1) is 7.27. The van der Waals surface area contributed by atoms with Gasteiger partial charge >= 0.3 is 0 Å². The van der Waals surface area contributed by atoms with Gasteiger partial charge in [0.15, 0.2) is 0 Å². The van der Waals surface area contributed by atoms with Crippen molar-refractivity contribution in [1.29, 1.82) is 0 Å². The minimum atomic E-state index is 0.708. The van der Waals surface area contributed by atoms with Crippen LogP contribution in [-0.2, 0) is 6.54 Å². The predicted molar refractivity (Wildman–Crippen MR) is 69.5 cm³/mol. The monoisotopic (exact) mass is 225 g/mol. The Morgan fingerprint density at radius 2 is 1.87 bits per heavy atom. The van der Waals surface area contributed by atoms with Crippen LogP contribution in [0.4, 0.5) is 0 Å². The van der Waals surface area contributed by atoms with E-state index in [-0.39, 0.29) is 0 Å². The molecule has 0 fully saturated rings. The molecular formula is C13H23NS. The second kappa shape index (κ2) is 7.02. The van der Waals surface area contributed by atoms with E-state index in [0.717, 1.165) is 6.54 Å². The largest absolute Gasteiger partial charge is 0.310 e. The highest BCUT2D eigenvalue weighted by atomic mass is 32.1. The molecule has 0 saturated carbocycles. The fraction of sp³-hybridized carbons (Fsp3) is 0.692. The van der Waals surface area contributed by atoms with Crippen LogP contribution in [0.25, 0.3) is 0 Å². The van der Waals surface area contributed by atoms with Gasteiger partial charge in [0.1, 0.15) is 0 Å². The molecule has 1 rings (SSSR count).